The predicted molar refractivity (Wildman–Crippen MR) is 122 cm³/mol. The van der Waals surface area contributed by atoms with Crippen LogP contribution in [0.3, 0.4) is 0 Å². The van der Waals surface area contributed by atoms with E-state index in [0.717, 1.165) is 63.9 Å². The van der Waals surface area contributed by atoms with Crippen molar-refractivity contribution in [1.29, 1.82) is 0 Å². The van der Waals surface area contributed by atoms with Gasteiger partial charge >= 0.3 is 0 Å². The van der Waals surface area contributed by atoms with Gasteiger partial charge in [0.2, 0.25) is 5.91 Å². The minimum atomic E-state index is 0.288. The predicted octanol–water partition coefficient (Wildman–Crippen LogP) is 1.63. The molecule has 2 aliphatic rings. The number of aromatic nitrogens is 1. The van der Waals surface area contributed by atoms with Crippen molar-refractivity contribution in [3.8, 4) is 0 Å². The Kier molecular flexibility index (Phi) is 8.08. The first kappa shape index (κ1) is 22.5. The molecule has 3 rings (SSSR count). The Bertz CT molecular complexity index is 701. The standard InChI is InChI=1S/C23H38N6O/c1-18-13-19(2)16-29(15-18)22(30)17-27-9-11-28(12-10-27)23(24-4)25-8-7-21-6-5-20(3)26-14-21/h5-6,14,18-19H,7-13,15-17H2,1-4H3,(H,24,25). The molecule has 2 saturated heterocycles. The summed E-state index contributed by atoms with van der Waals surface area (Å²) in [5.74, 6) is 2.45. The lowest BCUT2D eigenvalue weighted by Gasteiger charge is -2.39. The van der Waals surface area contributed by atoms with Gasteiger partial charge in [-0.05, 0) is 43.2 Å². The van der Waals surface area contributed by atoms with Gasteiger partial charge in [-0.1, -0.05) is 19.9 Å². The quantitative estimate of drug-likeness (QED) is 0.586. The first-order valence-electron chi connectivity index (χ1n) is 11.3. The summed E-state index contributed by atoms with van der Waals surface area (Å²) in [6.45, 7) is 13.3. The molecule has 0 aliphatic carbocycles. The first-order valence-corrected chi connectivity index (χ1v) is 11.3. The number of carbonyl (C=O) groups excluding carboxylic acids is 1. The smallest absolute Gasteiger partial charge is 0.236 e. The van der Waals surface area contributed by atoms with E-state index >= 15 is 0 Å². The SMILES string of the molecule is CN=C(NCCc1ccc(C)nc1)N1CCN(CC(=O)N2CC(C)CC(C)C2)CC1. The fraction of sp³-hybridized carbons (Fsp3) is 0.696. The van der Waals surface area contributed by atoms with Crippen molar-refractivity contribution in [3.63, 3.8) is 0 Å². The Hall–Kier alpha value is -2.15. The molecule has 0 radical (unpaired) electrons. The van der Waals surface area contributed by atoms with Gasteiger partial charge < -0.3 is 15.1 Å². The van der Waals surface area contributed by atoms with Crippen LogP contribution in [-0.4, -0.2) is 91.0 Å². The number of aryl methyl sites for hydroxylation is 1. The molecule has 2 fully saturated rings. The molecule has 0 saturated carbocycles. The van der Waals surface area contributed by atoms with Gasteiger partial charge in [0.05, 0.1) is 6.54 Å². The molecule has 7 nitrogen and oxygen atoms in total. The zero-order chi connectivity index (χ0) is 21.5. The van der Waals surface area contributed by atoms with Gasteiger partial charge in [0.1, 0.15) is 0 Å². The van der Waals surface area contributed by atoms with E-state index in [4.69, 9.17) is 0 Å². The third-order valence-corrected chi connectivity index (χ3v) is 6.13. The highest BCUT2D eigenvalue weighted by atomic mass is 16.2. The molecule has 0 spiro atoms. The fourth-order valence-corrected chi connectivity index (χ4v) is 4.57. The molecule has 0 bridgehead atoms. The van der Waals surface area contributed by atoms with E-state index in [1.165, 1.54) is 12.0 Å². The van der Waals surface area contributed by atoms with Crippen LogP contribution < -0.4 is 5.32 Å². The number of piperazine rings is 1. The summed E-state index contributed by atoms with van der Waals surface area (Å²) in [4.78, 5) is 28.2. The number of nitrogens with zero attached hydrogens (tertiary/aromatic N) is 5. The van der Waals surface area contributed by atoms with Crippen molar-refractivity contribution in [2.75, 3.05) is 59.4 Å². The van der Waals surface area contributed by atoms with Crippen molar-refractivity contribution in [2.24, 2.45) is 16.8 Å². The molecule has 2 unspecified atom stereocenters. The number of aliphatic imine (C=N–C) groups is 1. The van der Waals surface area contributed by atoms with Crippen molar-refractivity contribution in [1.82, 2.24) is 25.0 Å². The molecule has 1 aromatic heterocycles. The van der Waals surface area contributed by atoms with Crippen molar-refractivity contribution >= 4 is 11.9 Å². The highest BCUT2D eigenvalue weighted by Crippen LogP contribution is 2.21. The van der Waals surface area contributed by atoms with E-state index < -0.39 is 0 Å². The van der Waals surface area contributed by atoms with E-state index in [-0.39, 0.29) is 5.91 Å². The van der Waals surface area contributed by atoms with Gasteiger partial charge in [0.15, 0.2) is 5.96 Å². The van der Waals surface area contributed by atoms with Crippen LogP contribution in [0.2, 0.25) is 0 Å². The lowest BCUT2D eigenvalue weighted by Crippen LogP contribution is -2.55. The number of guanidine groups is 1. The van der Waals surface area contributed by atoms with E-state index in [2.05, 4.69) is 56.0 Å². The van der Waals surface area contributed by atoms with Gasteiger partial charge in [0.25, 0.3) is 0 Å². The Morgan fingerprint density at radius 1 is 1.13 bits per heavy atom. The Morgan fingerprint density at radius 3 is 2.43 bits per heavy atom. The third kappa shape index (κ3) is 6.42. The minimum absolute atomic E-state index is 0.288. The van der Waals surface area contributed by atoms with Gasteiger partial charge in [-0.3, -0.25) is 19.7 Å². The average molecular weight is 415 g/mol. The molecule has 1 aromatic rings. The lowest BCUT2D eigenvalue weighted by molar-refractivity contribution is -0.135. The van der Waals surface area contributed by atoms with Gasteiger partial charge in [-0.15, -0.1) is 0 Å². The summed E-state index contributed by atoms with van der Waals surface area (Å²) in [5, 5.41) is 3.47. The number of pyridine rings is 1. The maximum atomic E-state index is 12.8. The van der Waals surface area contributed by atoms with Crippen LogP contribution in [0.1, 0.15) is 31.5 Å². The number of hydrogen-bond donors (Lipinski definition) is 1. The molecule has 30 heavy (non-hydrogen) atoms. The lowest BCUT2D eigenvalue weighted by atomic mass is 9.92. The second kappa shape index (κ2) is 10.8. The largest absolute Gasteiger partial charge is 0.356 e. The Labute approximate surface area is 181 Å². The molecule has 166 valence electrons. The molecule has 3 heterocycles. The molecule has 0 aromatic carbocycles. The van der Waals surface area contributed by atoms with E-state index in [0.29, 0.717) is 18.4 Å². The minimum Gasteiger partial charge on any atom is -0.356 e. The van der Waals surface area contributed by atoms with Crippen LogP contribution in [0.4, 0.5) is 0 Å². The normalized spacial score (nSPS) is 23.5. The molecular formula is C23H38N6O. The molecule has 2 atom stereocenters. The highest BCUT2D eigenvalue weighted by Gasteiger charge is 2.27. The van der Waals surface area contributed by atoms with Crippen molar-refractivity contribution < 1.29 is 4.79 Å². The zero-order valence-corrected chi connectivity index (χ0v) is 19.1. The second-order valence-corrected chi connectivity index (χ2v) is 9.04. The van der Waals surface area contributed by atoms with Crippen molar-refractivity contribution in [2.45, 2.75) is 33.6 Å². The second-order valence-electron chi connectivity index (χ2n) is 9.04. The number of carbonyl (C=O) groups is 1. The number of amides is 1. The van der Waals surface area contributed by atoms with Crippen molar-refractivity contribution in [3.05, 3.63) is 29.6 Å². The highest BCUT2D eigenvalue weighted by molar-refractivity contribution is 5.80. The number of rotatable bonds is 5. The topological polar surface area (TPSA) is 64.1 Å². The summed E-state index contributed by atoms with van der Waals surface area (Å²) in [6, 6.07) is 4.18. The maximum Gasteiger partial charge on any atom is 0.236 e. The molecular weight excluding hydrogens is 376 g/mol. The molecule has 2 aliphatic heterocycles. The fourth-order valence-electron chi connectivity index (χ4n) is 4.57. The number of hydrogen-bond acceptors (Lipinski definition) is 4. The first-order chi connectivity index (χ1) is 14.4. The number of likely N-dealkylation sites (tertiary alicyclic amines) is 1. The zero-order valence-electron chi connectivity index (χ0n) is 19.1. The Morgan fingerprint density at radius 2 is 1.83 bits per heavy atom. The van der Waals surface area contributed by atoms with Gasteiger partial charge in [0, 0.05) is 64.8 Å². The van der Waals surface area contributed by atoms with Gasteiger partial charge in [-0.2, -0.15) is 0 Å². The van der Waals surface area contributed by atoms with E-state index in [1.54, 1.807) is 0 Å². The van der Waals surface area contributed by atoms with Gasteiger partial charge in [-0.25, -0.2) is 0 Å². The van der Waals surface area contributed by atoms with Crippen LogP contribution in [0.25, 0.3) is 0 Å². The molecule has 7 heteroatoms. The average Bonchev–Trinajstić information content (AvgIpc) is 2.72. The third-order valence-electron chi connectivity index (χ3n) is 6.13. The summed E-state index contributed by atoms with van der Waals surface area (Å²) >= 11 is 0. The molecule has 1 amide bonds. The Balaban J connectivity index is 1.40. The van der Waals surface area contributed by atoms with Crippen LogP contribution in [-0.2, 0) is 11.2 Å². The van der Waals surface area contributed by atoms with Crippen LogP contribution in [0.15, 0.2) is 23.3 Å². The van der Waals surface area contributed by atoms with E-state index in [1.807, 2.05) is 20.2 Å². The number of nitrogens with one attached hydrogen (secondary N) is 1. The summed E-state index contributed by atoms with van der Waals surface area (Å²) in [5.41, 5.74) is 2.27. The van der Waals surface area contributed by atoms with Crippen LogP contribution in [0, 0.1) is 18.8 Å². The van der Waals surface area contributed by atoms with Crippen LogP contribution in [0.5, 0.6) is 0 Å². The van der Waals surface area contributed by atoms with E-state index in [9.17, 15) is 4.79 Å². The number of piperidine rings is 1. The maximum absolute atomic E-state index is 12.8. The van der Waals surface area contributed by atoms with Crippen LogP contribution >= 0.6 is 0 Å². The summed E-state index contributed by atoms with van der Waals surface area (Å²) in [7, 11) is 1.84. The molecule has 1 N–H and O–H groups in total. The summed E-state index contributed by atoms with van der Waals surface area (Å²) in [6.07, 6.45) is 4.10. The summed E-state index contributed by atoms with van der Waals surface area (Å²) < 4.78 is 0. The monoisotopic (exact) mass is 414 g/mol.